The molecule has 0 aliphatic carbocycles. The molecule has 0 bridgehead atoms. The first-order valence-electron chi connectivity index (χ1n) is 10.7. The van der Waals surface area contributed by atoms with Crippen molar-refractivity contribution in [2.45, 2.75) is 38.3 Å². The number of ether oxygens (including phenoxy) is 2. The molecule has 3 aromatic rings. The fraction of sp³-hybridized carbons (Fsp3) is 0.348. The molecule has 0 unspecified atom stereocenters. The third-order valence-electron chi connectivity index (χ3n) is 4.79. The van der Waals surface area contributed by atoms with Crippen LogP contribution in [0, 0.1) is 0 Å². The number of carbonyl (C=O) groups is 1. The molecule has 0 atom stereocenters. The van der Waals surface area contributed by atoms with E-state index in [1.165, 1.54) is 32.4 Å². The zero-order valence-corrected chi connectivity index (χ0v) is 20.5. The first kappa shape index (κ1) is 25.2. The largest absolute Gasteiger partial charge is 0.496 e. The molecule has 1 N–H and O–H groups in total. The van der Waals surface area contributed by atoms with Crippen molar-refractivity contribution in [2.75, 3.05) is 20.8 Å². The van der Waals surface area contributed by atoms with Gasteiger partial charge in [-0.3, -0.25) is 4.79 Å². The smallest absolute Gasteiger partial charge is 0.255 e. The third-order valence-corrected chi connectivity index (χ3v) is 6.59. The number of hydrogen-bond donors (Lipinski definition) is 1. The van der Waals surface area contributed by atoms with Crippen LogP contribution in [0.3, 0.4) is 0 Å². The Morgan fingerprint density at radius 1 is 1.18 bits per heavy atom. The van der Waals surface area contributed by atoms with Gasteiger partial charge in [-0.2, -0.15) is 9.29 Å². The highest BCUT2D eigenvalue weighted by Gasteiger charge is 2.26. The molecule has 3 rings (SSSR count). The van der Waals surface area contributed by atoms with E-state index in [-0.39, 0.29) is 34.7 Å². The van der Waals surface area contributed by atoms with Gasteiger partial charge in [0.2, 0.25) is 21.7 Å². The minimum atomic E-state index is -3.96. The van der Waals surface area contributed by atoms with Crippen molar-refractivity contribution >= 4 is 15.9 Å². The maximum atomic E-state index is 13.2. The minimum Gasteiger partial charge on any atom is -0.496 e. The SMILES string of the molecule is CCOc1ccc(-c2noc(CN(C)S(=O)(=O)c3ccc(OC)c(C(=O)NC(C)C)c3)n2)cc1. The number of nitrogens with zero attached hydrogens (tertiary/aromatic N) is 3. The summed E-state index contributed by atoms with van der Waals surface area (Å²) in [4.78, 5) is 16.8. The van der Waals surface area contributed by atoms with Gasteiger partial charge in [-0.15, -0.1) is 0 Å². The van der Waals surface area contributed by atoms with Crippen LogP contribution in [0.4, 0.5) is 0 Å². The Morgan fingerprint density at radius 3 is 2.50 bits per heavy atom. The summed E-state index contributed by atoms with van der Waals surface area (Å²) >= 11 is 0. The Morgan fingerprint density at radius 2 is 1.88 bits per heavy atom. The van der Waals surface area contributed by atoms with Crippen LogP contribution in [0.25, 0.3) is 11.4 Å². The highest BCUT2D eigenvalue weighted by molar-refractivity contribution is 7.89. The molecule has 0 saturated carbocycles. The molecule has 0 saturated heterocycles. The lowest BCUT2D eigenvalue weighted by atomic mass is 10.2. The van der Waals surface area contributed by atoms with Gasteiger partial charge in [-0.05, 0) is 63.2 Å². The van der Waals surface area contributed by atoms with Crippen molar-refractivity contribution in [3.05, 3.63) is 53.9 Å². The topological polar surface area (TPSA) is 124 Å². The predicted molar refractivity (Wildman–Crippen MR) is 125 cm³/mol. The minimum absolute atomic E-state index is 0.0593. The Balaban J connectivity index is 1.79. The lowest BCUT2D eigenvalue weighted by molar-refractivity contribution is 0.0940. The van der Waals surface area contributed by atoms with Crippen LogP contribution in [0.2, 0.25) is 0 Å². The third kappa shape index (κ3) is 5.72. The van der Waals surface area contributed by atoms with Crippen molar-refractivity contribution in [3.63, 3.8) is 0 Å². The molecular formula is C23H28N4O6S. The summed E-state index contributed by atoms with van der Waals surface area (Å²) in [5.41, 5.74) is 0.834. The lowest BCUT2D eigenvalue weighted by Gasteiger charge is -2.17. The van der Waals surface area contributed by atoms with Crippen LogP contribution < -0.4 is 14.8 Å². The quantitative estimate of drug-likeness (QED) is 0.462. The first-order chi connectivity index (χ1) is 16.1. The molecular weight excluding hydrogens is 460 g/mol. The van der Waals surface area contributed by atoms with Crippen LogP contribution in [-0.2, 0) is 16.6 Å². The molecule has 1 heterocycles. The van der Waals surface area contributed by atoms with Crippen molar-refractivity contribution in [1.29, 1.82) is 0 Å². The van der Waals surface area contributed by atoms with Crippen LogP contribution in [0.15, 0.2) is 51.9 Å². The number of nitrogens with one attached hydrogen (secondary N) is 1. The summed E-state index contributed by atoms with van der Waals surface area (Å²) in [6, 6.07) is 11.2. The Hall–Kier alpha value is -3.44. The maximum Gasteiger partial charge on any atom is 0.255 e. The summed E-state index contributed by atoms with van der Waals surface area (Å²) in [6.07, 6.45) is 0. The average Bonchev–Trinajstić information content (AvgIpc) is 3.27. The van der Waals surface area contributed by atoms with Crippen LogP contribution in [0.5, 0.6) is 11.5 Å². The number of hydrogen-bond acceptors (Lipinski definition) is 8. The van der Waals surface area contributed by atoms with E-state index in [1.54, 1.807) is 24.3 Å². The summed E-state index contributed by atoms with van der Waals surface area (Å²) < 4.78 is 43.3. The van der Waals surface area contributed by atoms with E-state index in [0.29, 0.717) is 18.0 Å². The van der Waals surface area contributed by atoms with Crippen molar-refractivity contribution in [1.82, 2.24) is 19.8 Å². The van der Waals surface area contributed by atoms with E-state index in [4.69, 9.17) is 14.0 Å². The monoisotopic (exact) mass is 488 g/mol. The molecule has 1 aromatic heterocycles. The zero-order valence-electron chi connectivity index (χ0n) is 19.7. The van der Waals surface area contributed by atoms with E-state index in [0.717, 1.165) is 10.1 Å². The molecule has 2 aromatic carbocycles. The van der Waals surface area contributed by atoms with Crippen molar-refractivity contribution < 1.29 is 27.2 Å². The summed E-state index contributed by atoms with van der Waals surface area (Å²) in [6.45, 7) is 5.93. The lowest BCUT2D eigenvalue weighted by Crippen LogP contribution is -2.31. The van der Waals surface area contributed by atoms with Gasteiger partial charge in [0.1, 0.15) is 11.5 Å². The molecule has 0 radical (unpaired) electrons. The standard InChI is InChI=1S/C23H28N4O6S/c1-6-32-17-9-7-16(8-10-17)22-25-21(33-26-22)14-27(4)34(29,30)18-11-12-20(31-5)19(13-18)23(28)24-15(2)3/h7-13,15H,6,14H2,1-5H3,(H,24,28). The van der Waals surface area contributed by atoms with Gasteiger partial charge in [0.25, 0.3) is 5.91 Å². The normalized spacial score (nSPS) is 11.6. The molecule has 0 spiro atoms. The zero-order chi connectivity index (χ0) is 24.9. The predicted octanol–water partition coefficient (Wildman–Crippen LogP) is 3.10. The molecule has 0 aliphatic heterocycles. The van der Waals surface area contributed by atoms with E-state index in [1.807, 2.05) is 20.8 Å². The Kier molecular flexibility index (Phi) is 7.90. The maximum absolute atomic E-state index is 13.2. The second-order valence-corrected chi connectivity index (χ2v) is 9.77. The summed E-state index contributed by atoms with van der Waals surface area (Å²) in [7, 11) is -1.15. The molecule has 182 valence electrons. The van der Waals surface area contributed by atoms with E-state index < -0.39 is 15.9 Å². The number of carbonyl (C=O) groups excluding carboxylic acids is 1. The Bertz CT molecular complexity index is 1240. The van der Waals surface area contributed by atoms with E-state index in [2.05, 4.69) is 15.5 Å². The molecule has 1 amide bonds. The second-order valence-electron chi connectivity index (χ2n) is 7.72. The second kappa shape index (κ2) is 10.7. The van der Waals surface area contributed by atoms with Gasteiger partial charge in [0.05, 0.1) is 30.7 Å². The highest BCUT2D eigenvalue weighted by Crippen LogP contribution is 2.26. The van der Waals surface area contributed by atoms with Gasteiger partial charge < -0.3 is 19.3 Å². The molecule has 0 fully saturated rings. The van der Waals surface area contributed by atoms with Crippen LogP contribution >= 0.6 is 0 Å². The van der Waals surface area contributed by atoms with Gasteiger partial charge >= 0.3 is 0 Å². The fourth-order valence-corrected chi connectivity index (χ4v) is 4.27. The first-order valence-corrected chi connectivity index (χ1v) is 12.1. The highest BCUT2D eigenvalue weighted by atomic mass is 32.2. The van der Waals surface area contributed by atoms with Crippen LogP contribution in [-0.4, -0.2) is 55.6 Å². The van der Waals surface area contributed by atoms with E-state index >= 15 is 0 Å². The Labute approximate surface area is 198 Å². The summed E-state index contributed by atoms with van der Waals surface area (Å²) in [5.74, 6) is 1.03. The summed E-state index contributed by atoms with van der Waals surface area (Å²) in [5, 5.41) is 6.68. The molecule has 34 heavy (non-hydrogen) atoms. The van der Waals surface area contributed by atoms with E-state index in [9.17, 15) is 13.2 Å². The fourth-order valence-electron chi connectivity index (χ4n) is 3.12. The van der Waals surface area contributed by atoms with Gasteiger partial charge in [-0.1, -0.05) is 5.16 Å². The molecule has 0 aliphatic rings. The van der Waals surface area contributed by atoms with Gasteiger partial charge in [0, 0.05) is 18.7 Å². The van der Waals surface area contributed by atoms with Crippen molar-refractivity contribution in [3.8, 4) is 22.9 Å². The molecule has 10 nitrogen and oxygen atoms in total. The number of rotatable bonds is 10. The van der Waals surface area contributed by atoms with Crippen molar-refractivity contribution in [2.24, 2.45) is 0 Å². The van der Waals surface area contributed by atoms with Gasteiger partial charge in [-0.25, -0.2) is 8.42 Å². The molecule has 11 heteroatoms. The average molecular weight is 489 g/mol. The number of methoxy groups -OCH3 is 1. The van der Waals surface area contributed by atoms with Gasteiger partial charge in [0.15, 0.2) is 0 Å². The number of benzene rings is 2. The number of sulfonamides is 1. The van der Waals surface area contributed by atoms with Crippen LogP contribution in [0.1, 0.15) is 37.0 Å². The number of amides is 1. The number of aromatic nitrogens is 2.